The summed E-state index contributed by atoms with van der Waals surface area (Å²) < 4.78 is 5.55. The summed E-state index contributed by atoms with van der Waals surface area (Å²) in [4.78, 5) is 12.8. The van der Waals surface area contributed by atoms with Gasteiger partial charge >= 0.3 is 25.4 Å². The molecule has 0 fully saturated rings. The first-order valence-electron chi connectivity index (χ1n) is 9.63. The molecule has 2 aromatic rings. The van der Waals surface area contributed by atoms with Gasteiger partial charge in [0.05, 0.1) is 6.61 Å². The van der Waals surface area contributed by atoms with Gasteiger partial charge in [-0.05, 0) is 23.5 Å². The van der Waals surface area contributed by atoms with Gasteiger partial charge in [0.15, 0.2) is 0 Å². The largest absolute Gasteiger partial charge is 2.00 e. The van der Waals surface area contributed by atoms with E-state index in [4.69, 9.17) is 4.74 Å². The summed E-state index contributed by atoms with van der Waals surface area (Å²) in [6, 6.07) is 21.1. The van der Waals surface area contributed by atoms with Crippen molar-refractivity contribution < 1.29 is 34.5 Å². The van der Waals surface area contributed by atoms with Crippen LogP contribution in [0.2, 0.25) is 0 Å². The zero-order valence-electron chi connectivity index (χ0n) is 17.3. The normalized spacial score (nSPS) is 10.5. The number of rotatable bonds is 9. The molecule has 0 heterocycles. The van der Waals surface area contributed by atoms with E-state index in [9.17, 15) is 10.1 Å². The smallest absolute Gasteiger partial charge is 2.00 e. The predicted molar refractivity (Wildman–Crippen MR) is 109 cm³/mol. The molecule has 5 heteroatoms. The third-order valence-corrected chi connectivity index (χ3v) is 4.68. The molecule has 0 spiro atoms. The molecule has 0 aliphatic heterocycles. The van der Waals surface area contributed by atoms with E-state index < -0.39 is 5.97 Å². The van der Waals surface area contributed by atoms with Gasteiger partial charge in [-0.3, -0.25) is 0 Å². The second kappa shape index (κ2) is 14.7. The zero-order valence-corrected chi connectivity index (χ0v) is 20.2. The maximum absolute atomic E-state index is 12.8. The number of esters is 1. The summed E-state index contributed by atoms with van der Waals surface area (Å²) in [5.41, 5.74) is 2.33. The molecule has 1 atom stereocenters. The van der Waals surface area contributed by atoms with Gasteiger partial charge in [0.2, 0.25) is 0 Å². The van der Waals surface area contributed by atoms with Crippen LogP contribution in [0, 0.1) is 17.2 Å². The average molecular weight is 443 g/mol. The van der Waals surface area contributed by atoms with E-state index in [1.54, 1.807) is 0 Å². The fraction of sp³-hybridized carbons (Fsp3) is 0.333. The summed E-state index contributed by atoms with van der Waals surface area (Å²) in [7, 11) is 0. The molecule has 0 bridgehead atoms. The summed E-state index contributed by atoms with van der Waals surface area (Å²) in [6.07, 6.45) is 4.25. The monoisotopic (exact) mass is 441 g/mol. The minimum atomic E-state index is -0.546. The maximum atomic E-state index is 12.8. The van der Waals surface area contributed by atoms with Gasteiger partial charge in [-0.25, -0.2) is 4.79 Å². The van der Waals surface area contributed by atoms with Crippen LogP contribution in [0.15, 0.2) is 66.2 Å². The minimum absolute atomic E-state index is 0. The van der Waals surface area contributed by atoms with Crippen LogP contribution in [0.3, 0.4) is 0 Å². The number of carbonyl (C=O) groups is 1. The number of hydrogen-bond donors (Lipinski definition) is 0. The van der Waals surface area contributed by atoms with Crippen LogP contribution < -0.4 is 0 Å². The number of carbonyl (C=O) groups excluding carboxylic acids is 1. The molecule has 0 N–H and O–H groups in total. The van der Waals surface area contributed by atoms with Crippen LogP contribution in [0.25, 0.3) is 5.57 Å². The Morgan fingerprint density at radius 3 is 1.93 bits per heavy atom. The maximum Gasteiger partial charge on any atom is 2.00 e. The van der Waals surface area contributed by atoms with Crippen molar-refractivity contribution >= 4 is 11.5 Å². The van der Waals surface area contributed by atoms with Gasteiger partial charge in [0.25, 0.3) is 0 Å². The number of unbranched alkanes of at least 4 members (excludes halogenated alkanes) is 1. The Morgan fingerprint density at radius 1 is 1.00 bits per heavy atom. The SMILES string of the molecule is CCCCC(CC)COC(=O)C(C#N)=C(c1ccccc1)c1ccccc1.[O-2].[Zn+2]. The summed E-state index contributed by atoms with van der Waals surface area (Å²) in [6.45, 7) is 4.62. The van der Waals surface area contributed by atoms with Crippen LogP contribution in [-0.2, 0) is 34.5 Å². The Morgan fingerprint density at radius 2 is 1.52 bits per heavy atom. The van der Waals surface area contributed by atoms with Crippen LogP contribution >= 0.6 is 0 Å². The van der Waals surface area contributed by atoms with Crippen molar-refractivity contribution in [1.82, 2.24) is 0 Å². The third kappa shape index (κ3) is 7.93. The molecule has 1 unspecified atom stereocenters. The third-order valence-electron chi connectivity index (χ3n) is 4.68. The molecule has 29 heavy (non-hydrogen) atoms. The van der Waals surface area contributed by atoms with Crippen molar-refractivity contribution in [3.63, 3.8) is 0 Å². The second-order valence-corrected chi connectivity index (χ2v) is 6.61. The molecule has 2 aromatic carbocycles. The summed E-state index contributed by atoms with van der Waals surface area (Å²) in [5.74, 6) is -0.208. The molecule has 0 saturated heterocycles. The second-order valence-electron chi connectivity index (χ2n) is 6.61. The molecule has 0 aliphatic rings. The Kier molecular flexibility index (Phi) is 13.5. The Balaban J connectivity index is 0.00000392. The van der Waals surface area contributed by atoms with Gasteiger partial charge in [-0.15, -0.1) is 0 Å². The van der Waals surface area contributed by atoms with Gasteiger partial charge in [-0.1, -0.05) is 93.8 Å². The van der Waals surface area contributed by atoms with E-state index in [1.807, 2.05) is 60.7 Å². The summed E-state index contributed by atoms with van der Waals surface area (Å²) >= 11 is 0. The zero-order chi connectivity index (χ0) is 19.5. The van der Waals surface area contributed by atoms with Crippen molar-refractivity contribution in [3.8, 4) is 6.07 Å². The first-order valence-corrected chi connectivity index (χ1v) is 9.63. The van der Waals surface area contributed by atoms with E-state index >= 15 is 0 Å². The van der Waals surface area contributed by atoms with Gasteiger partial charge in [0, 0.05) is 5.57 Å². The van der Waals surface area contributed by atoms with Crippen molar-refractivity contribution in [2.45, 2.75) is 39.5 Å². The van der Waals surface area contributed by atoms with E-state index in [2.05, 4.69) is 19.9 Å². The Hall–Kier alpha value is -2.28. The average Bonchev–Trinajstić information content (AvgIpc) is 2.73. The van der Waals surface area contributed by atoms with Gasteiger partial charge < -0.3 is 10.2 Å². The molecule has 0 aliphatic carbocycles. The Labute approximate surface area is 186 Å². The van der Waals surface area contributed by atoms with Crippen molar-refractivity contribution in [2.75, 3.05) is 6.61 Å². The Bertz CT molecular complexity index is 756. The summed E-state index contributed by atoms with van der Waals surface area (Å²) in [5, 5.41) is 9.74. The molecular weight excluding hydrogens is 416 g/mol. The topological polar surface area (TPSA) is 78.6 Å². The number of nitriles is 1. The molecule has 2 rings (SSSR count). The fourth-order valence-corrected chi connectivity index (χ4v) is 3.03. The van der Waals surface area contributed by atoms with Crippen molar-refractivity contribution in [1.29, 1.82) is 5.26 Å². The van der Waals surface area contributed by atoms with Crippen molar-refractivity contribution in [2.24, 2.45) is 5.92 Å². The number of nitrogens with zero attached hydrogens (tertiary/aromatic N) is 1. The van der Waals surface area contributed by atoms with Crippen LogP contribution in [0.1, 0.15) is 50.7 Å². The van der Waals surface area contributed by atoms with Gasteiger partial charge in [-0.2, -0.15) is 5.26 Å². The number of hydrogen-bond acceptors (Lipinski definition) is 3. The molecule has 0 amide bonds. The minimum Gasteiger partial charge on any atom is -2.00 e. The van der Waals surface area contributed by atoms with Crippen molar-refractivity contribution in [3.05, 3.63) is 77.4 Å². The van der Waals surface area contributed by atoms with Crippen LogP contribution in [0.4, 0.5) is 0 Å². The molecule has 148 valence electrons. The van der Waals surface area contributed by atoms with E-state index in [-0.39, 0.29) is 30.5 Å². The number of benzene rings is 2. The predicted octanol–water partition coefficient (Wildman–Crippen LogP) is 5.65. The van der Waals surface area contributed by atoms with Crippen LogP contribution in [-0.4, -0.2) is 12.6 Å². The van der Waals surface area contributed by atoms with Gasteiger partial charge in [0.1, 0.15) is 11.6 Å². The molecule has 0 radical (unpaired) electrons. The first-order chi connectivity index (χ1) is 13.2. The standard InChI is InChI=1S/C24H27NO2.O.Zn/c1-3-5-12-19(4-2)18-27-24(26)22(17-25)23(20-13-8-6-9-14-20)21-15-10-7-11-16-21;;/h6-11,13-16,19H,3-5,12,18H2,1-2H3;;/q;-2;+2. The molecule has 0 saturated carbocycles. The quantitative estimate of drug-likeness (QED) is 0.218. The first kappa shape index (κ1) is 26.7. The van der Waals surface area contributed by atoms with E-state index in [1.165, 1.54) is 0 Å². The molecule has 0 aromatic heterocycles. The fourth-order valence-electron chi connectivity index (χ4n) is 3.03. The molecular formula is C24H27NO3Zn. The van der Waals surface area contributed by atoms with Crippen LogP contribution in [0.5, 0.6) is 0 Å². The van der Waals surface area contributed by atoms with E-state index in [0.29, 0.717) is 18.1 Å². The van der Waals surface area contributed by atoms with E-state index in [0.717, 1.165) is 36.8 Å². The molecule has 4 nitrogen and oxygen atoms in total. The number of ether oxygens (including phenoxy) is 1.